The van der Waals surface area contributed by atoms with Crippen LogP contribution in [0.25, 0.3) is 0 Å². The summed E-state index contributed by atoms with van der Waals surface area (Å²) < 4.78 is 13.8. The lowest BCUT2D eigenvalue weighted by atomic mass is 10.1. The number of rotatable bonds is 5. The quantitative estimate of drug-likeness (QED) is 0.806. The number of nitrogens with zero attached hydrogens (tertiary/aromatic N) is 1. The minimum atomic E-state index is -0.465. The monoisotopic (exact) mass is 285 g/mol. The Morgan fingerprint density at radius 1 is 1.10 bits per heavy atom. The first-order chi connectivity index (χ1) is 10.1. The molecule has 0 aromatic heterocycles. The lowest BCUT2D eigenvalue weighted by molar-refractivity contribution is 0.0738. The molecule has 1 amide bonds. The Labute approximate surface area is 125 Å². The zero-order valence-corrected chi connectivity index (χ0v) is 12.5. The Bertz CT molecular complexity index is 607. The van der Waals surface area contributed by atoms with Crippen molar-refractivity contribution in [3.05, 3.63) is 71.0 Å². The molecule has 2 rings (SSSR count). The van der Waals surface area contributed by atoms with E-state index >= 15 is 0 Å². The van der Waals surface area contributed by atoms with Gasteiger partial charge in [-0.3, -0.25) is 4.79 Å². The zero-order valence-electron chi connectivity index (χ0n) is 12.5. The molecule has 0 radical (unpaired) electrons. The molecule has 0 atom stereocenters. The Kier molecular flexibility index (Phi) is 5.09. The van der Waals surface area contributed by atoms with E-state index in [-0.39, 0.29) is 11.5 Å². The maximum Gasteiger partial charge on any atom is 0.257 e. The van der Waals surface area contributed by atoms with Crippen molar-refractivity contribution in [2.75, 3.05) is 6.54 Å². The fraction of sp³-hybridized carbons (Fsp3) is 0.278. The lowest BCUT2D eigenvalue weighted by Crippen LogP contribution is -2.31. The Morgan fingerprint density at radius 2 is 1.76 bits per heavy atom. The average molecular weight is 285 g/mol. The fourth-order valence-electron chi connectivity index (χ4n) is 2.24. The molecule has 21 heavy (non-hydrogen) atoms. The van der Waals surface area contributed by atoms with Gasteiger partial charge in [-0.1, -0.05) is 48.9 Å². The Balaban J connectivity index is 2.20. The highest BCUT2D eigenvalue weighted by atomic mass is 19.1. The van der Waals surface area contributed by atoms with Crippen LogP contribution >= 0.6 is 0 Å². The van der Waals surface area contributed by atoms with Gasteiger partial charge in [0, 0.05) is 13.1 Å². The summed E-state index contributed by atoms with van der Waals surface area (Å²) in [5, 5.41) is 0. The number of aryl methyl sites for hydroxylation is 1. The van der Waals surface area contributed by atoms with Crippen LogP contribution in [0.1, 0.15) is 34.8 Å². The maximum atomic E-state index is 13.8. The van der Waals surface area contributed by atoms with Crippen LogP contribution in [0.3, 0.4) is 0 Å². The second-order valence-electron chi connectivity index (χ2n) is 5.19. The molecule has 0 fully saturated rings. The largest absolute Gasteiger partial charge is 0.334 e. The van der Waals surface area contributed by atoms with E-state index in [0.717, 1.165) is 12.0 Å². The van der Waals surface area contributed by atoms with Crippen molar-refractivity contribution in [3.8, 4) is 0 Å². The Hall–Kier alpha value is -2.16. The number of carbonyl (C=O) groups is 1. The SMILES string of the molecule is CCCN(Cc1ccc(C)cc1)C(=O)c1ccccc1F. The van der Waals surface area contributed by atoms with Gasteiger partial charge in [-0.25, -0.2) is 4.39 Å². The van der Waals surface area contributed by atoms with E-state index in [1.54, 1.807) is 17.0 Å². The number of benzene rings is 2. The minimum absolute atomic E-state index is 0.137. The van der Waals surface area contributed by atoms with Gasteiger partial charge in [0.05, 0.1) is 5.56 Å². The van der Waals surface area contributed by atoms with Crippen molar-refractivity contribution >= 4 is 5.91 Å². The summed E-state index contributed by atoms with van der Waals surface area (Å²) in [5.74, 6) is -0.719. The third-order valence-electron chi connectivity index (χ3n) is 3.38. The lowest BCUT2D eigenvalue weighted by Gasteiger charge is -2.22. The molecule has 0 N–H and O–H groups in total. The fourth-order valence-corrected chi connectivity index (χ4v) is 2.24. The van der Waals surface area contributed by atoms with Crippen molar-refractivity contribution in [3.63, 3.8) is 0 Å². The first-order valence-corrected chi connectivity index (χ1v) is 7.21. The molecule has 0 aliphatic rings. The predicted molar refractivity (Wildman–Crippen MR) is 82.6 cm³/mol. The number of amides is 1. The van der Waals surface area contributed by atoms with Gasteiger partial charge in [0.1, 0.15) is 5.82 Å². The molecule has 2 aromatic carbocycles. The highest BCUT2D eigenvalue weighted by Crippen LogP contribution is 2.14. The standard InChI is InChI=1S/C18H20FNO/c1-3-12-20(13-15-10-8-14(2)9-11-15)18(21)16-6-4-5-7-17(16)19/h4-11H,3,12-13H2,1-2H3. The van der Waals surface area contributed by atoms with Gasteiger partial charge in [-0.2, -0.15) is 0 Å². The van der Waals surface area contributed by atoms with Crippen LogP contribution in [-0.4, -0.2) is 17.4 Å². The van der Waals surface area contributed by atoms with E-state index in [9.17, 15) is 9.18 Å². The first kappa shape index (κ1) is 15.2. The van der Waals surface area contributed by atoms with Crippen LogP contribution in [0.2, 0.25) is 0 Å². The van der Waals surface area contributed by atoms with E-state index in [2.05, 4.69) is 0 Å². The number of carbonyl (C=O) groups excluding carboxylic acids is 1. The minimum Gasteiger partial charge on any atom is -0.334 e. The molecule has 2 nitrogen and oxygen atoms in total. The van der Waals surface area contributed by atoms with E-state index < -0.39 is 5.82 Å². The third-order valence-corrected chi connectivity index (χ3v) is 3.38. The molecule has 0 saturated carbocycles. The summed E-state index contributed by atoms with van der Waals surface area (Å²) in [5.41, 5.74) is 2.37. The van der Waals surface area contributed by atoms with Gasteiger partial charge in [0.2, 0.25) is 0 Å². The summed E-state index contributed by atoms with van der Waals surface area (Å²) in [6.45, 7) is 5.15. The number of hydrogen-bond donors (Lipinski definition) is 0. The topological polar surface area (TPSA) is 20.3 Å². The molecule has 0 saturated heterocycles. The number of hydrogen-bond acceptors (Lipinski definition) is 1. The predicted octanol–water partition coefficient (Wildman–Crippen LogP) is 4.19. The summed E-state index contributed by atoms with van der Waals surface area (Å²) in [6.07, 6.45) is 0.839. The van der Waals surface area contributed by atoms with Gasteiger partial charge in [0.25, 0.3) is 5.91 Å². The normalized spacial score (nSPS) is 10.4. The highest BCUT2D eigenvalue weighted by Gasteiger charge is 2.18. The van der Waals surface area contributed by atoms with Crippen molar-refractivity contribution < 1.29 is 9.18 Å². The maximum absolute atomic E-state index is 13.8. The van der Waals surface area contributed by atoms with Gasteiger partial charge in [0.15, 0.2) is 0 Å². The molecule has 0 aliphatic heterocycles. The molecule has 0 unspecified atom stereocenters. The van der Waals surface area contributed by atoms with Crippen molar-refractivity contribution in [2.45, 2.75) is 26.8 Å². The molecule has 3 heteroatoms. The van der Waals surface area contributed by atoms with Crippen molar-refractivity contribution in [2.24, 2.45) is 0 Å². The highest BCUT2D eigenvalue weighted by molar-refractivity contribution is 5.94. The van der Waals surface area contributed by atoms with Crippen LogP contribution in [0, 0.1) is 12.7 Å². The summed E-state index contributed by atoms with van der Waals surface area (Å²) >= 11 is 0. The van der Waals surface area contributed by atoms with Gasteiger partial charge in [-0.05, 0) is 31.0 Å². The van der Waals surface area contributed by atoms with E-state index in [0.29, 0.717) is 13.1 Å². The third kappa shape index (κ3) is 3.91. The number of halogens is 1. The second-order valence-corrected chi connectivity index (χ2v) is 5.19. The van der Waals surface area contributed by atoms with Gasteiger partial charge in [-0.15, -0.1) is 0 Å². The summed E-state index contributed by atoms with van der Waals surface area (Å²) in [6, 6.07) is 14.2. The first-order valence-electron chi connectivity index (χ1n) is 7.21. The van der Waals surface area contributed by atoms with Crippen LogP contribution in [0.4, 0.5) is 4.39 Å². The average Bonchev–Trinajstić information content (AvgIpc) is 2.49. The molecule has 0 bridgehead atoms. The smallest absolute Gasteiger partial charge is 0.257 e. The van der Waals surface area contributed by atoms with E-state index in [4.69, 9.17) is 0 Å². The van der Waals surface area contributed by atoms with Crippen LogP contribution < -0.4 is 0 Å². The zero-order chi connectivity index (χ0) is 15.2. The molecular weight excluding hydrogens is 265 g/mol. The molecule has 0 heterocycles. The van der Waals surface area contributed by atoms with Crippen molar-refractivity contribution in [1.29, 1.82) is 0 Å². The molecule has 0 spiro atoms. The molecular formula is C18H20FNO. The van der Waals surface area contributed by atoms with Gasteiger partial charge < -0.3 is 4.90 Å². The van der Waals surface area contributed by atoms with Crippen LogP contribution in [0.5, 0.6) is 0 Å². The van der Waals surface area contributed by atoms with Crippen LogP contribution in [0.15, 0.2) is 48.5 Å². The molecule has 2 aromatic rings. The summed E-state index contributed by atoms with van der Waals surface area (Å²) in [7, 11) is 0. The molecule has 110 valence electrons. The van der Waals surface area contributed by atoms with Crippen molar-refractivity contribution in [1.82, 2.24) is 4.90 Å². The van der Waals surface area contributed by atoms with E-state index in [1.807, 2.05) is 38.1 Å². The summed E-state index contributed by atoms with van der Waals surface area (Å²) in [4.78, 5) is 14.2. The van der Waals surface area contributed by atoms with Gasteiger partial charge >= 0.3 is 0 Å². The Morgan fingerprint density at radius 3 is 2.38 bits per heavy atom. The second kappa shape index (κ2) is 7.02. The van der Waals surface area contributed by atoms with E-state index in [1.165, 1.54) is 17.7 Å². The molecule has 0 aliphatic carbocycles. The van der Waals surface area contributed by atoms with Crippen LogP contribution in [-0.2, 0) is 6.54 Å².